The van der Waals surface area contributed by atoms with Crippen molar-refractivity contribution in [3.63, 3.8) is 0 Å². The topological polar surface area (TPSA) is 61.8 Å². The van der Waals surface area contributed by atoms with Crippen LogP contribution in [0.3, 0.4) is 0 Å². The lowest BCUT2D eigenvalue weighted by Gasteiger charge is -2.34. The molecule has 1 aliphatic heterocycles. The number of amides is 1. The molecule has 2 N–H and O–H groups in total. The molecule has 23 heavy (non-hydrogen) atoms. The van der Waals surface area contributed by atoms with E-state index in [1.807, 2.05) is 25.7 Å². The summed E-state index contributed by atoms with van der Waals surface area (Å²) in [7, 11) is 0. The van der Waals surface area contributed by atoms with Gasteiger partial charge in [0.05, 0.1) is 6.10 Å². The van der Waals surface area contributed by atoms with E-state index in [0.29, 0.717) is 18.4 Å². The van der Waals surface area contributed by atoms with Gasteiger partial charge in [0.15, 0.2) is 0 Å². The van der Waals surface area contributed by atoms with Crippen LogP contribution in [0.2, 0.25) is 0 Å². The maximum atomic E-state index is 12.2. The fourth-order valence-electron chi connectivity index (χ4n) is 3.67. The number of piperidine rings is 1. The van der Waals surface area contributed by atoms with Crippen LogP contribution >= 0.6 is 0 Å². The van der Waals surface area contributed by atoms with Crippen LogP contribution in [0.25, 0.3) is 0 Å². The number of carbonyl (C=O) groups excluding carboxylic acids is 1. The van der Waals surface area contributed by atoms with Gasteiger partial charge in [-0.2, -0.15) is 0 Å². The highest BCUT2D eigenvalue weighted by atomic mass is 16.6. The molecule has 2 unspecified atom stereocenters. The molecule has 1 heterocycles. The first kappa shape index (κ1) is 18.5. The fraction of sp³-hybridized carbons (Fsp3) is 0.944. The molecule has 2 fully saturated rings. The molecule has 5 nitrogen and oxygen atoms in total. The number of hydrogen-bond acceptors (Lipinski definition) is 4. The Labute approximate surface area is 140 Å². The first-order valence-electron chi connectivity index (χ1n) is 9.22. The molecule has 134 valence electrons. The van der Waals surface area contributed by atoms with Crippen molar-refractivity contribution >= 4 is 6.09 Å². The molecule has 2 atom stereocenters. The lowest BCUT2D eigenvalue weighted by Crippen LogP contribution is -2.45. The summed E-state index contributed by atoms with van der Waals surface area (Å²) in [5, 5.41) is 13.6. The summed E-state index contributed by atoms with van der Waals surface area (Å²) in [6.07, 6.45) is 6.58. The van der Waals surface area contributed by atoms with Crippen LogP contribution < -0.4 is 5.32 Å². The van der Waals surface area contributed by atoms with Crippen LogP contribution in [-0.4, -0.2) is 54.0 Å². The molecule has 5 heteroatoms. The summed E-state index contributed by atoms with van der Waals surface area (Å²) >= 11 is 0. The Morgan fingerprint density at radius 1 is 1.26 bits per heavy atom. The van der Waals surface area contributed by atoms with Crippen molar-refractivity contribution in [2.75, 3.05) is 26.2 Å². The Kier molecular flexibility index (Phi) is 6.72. The summed E-state index contributed by atoms with van der Waals surface area (Å²) in [6, 6.07) is 0. The van der Waals surface area contributed by atoms with Gasteiger partial charge in [-0.15, -0.1) is 0 Å². The van der Waals surface area contributed by atoms with Gasteiger partial charge in [-0.25, -0.2) is 4.79 Å². The molecule has 2 rings (SSSR count). The van der Waals surface area contributed by atoms with Gasteiger partial charge in [0.1, 0.15) is 5.60 Å². The van der Waals surface area contributed by atoms with E-state index in [9.17, 15) is 9.90 Å². The summed E-state index contributed by atoms with van der Waals surface area (Å²) in [4.78, 5) is 14.0. The standard InChI is InChI=1S/C18H34N2O3/c1-18(2,3)23-17(22)20-10-6-7-14(13-20)11-19-12-16(21)15-8-4-5-9-15/h14-16,19,21H,4-13H2,1-3H3. The third-order valence-corrected chi connectivity index (χ3v) is 4.90. The molecule has 0 radical (unpaired) electrons. The minimum absolute atomic E-state index is 0.201. The predicted molar refractivity (Wildman–Crippen MR) is 91.4 cm³/mol. The van der Waals surface area contributed by atoms with Crippen molar-refractivity contribution in [2.45, 2.75) is 71.0 Å². The van der Waals surface area contributed by atoms with Gasteiger partial charge in [0.2, 0.25) is 0 Å². The average Bonchev–Trinajstić information content (AvgIpc) is 3.00. The number of nitrogens with one attached hydrogen (secondary N) is 1. The van der Waals surface area contributed by atoms with Crippen LogP contribution in [-0.2, 0) is 4.74 Å². The minimum Gasteiger partial charge on any atom is -0.444 e. The second-order valence-electron chi connectivity index (χ2n) is 8.20. The van der Waals surface area contributed by atoms with E-state index < -0.39 is 5.60 Å². The first-order chi connectivity index (χ1) is 10.8. The molecule has 1 amide bonds. The van der Waals surface area contributed by atoms with Gasteiger partial charge in [-0.1, -0.05) is 12.8 Å². The quantitative estimate of drug-likeness (QED) is 0.815. The highest BCUT2D eigenvalue weighted by molar-refractivity contribution is 5.68. The van der Waals surface area contributed by atoms with Crippen LogP contribution in [0.1, 0.15) is 59.3 Å². The van der Waals surface area contributed by atoms with Crippen molar-refractivity contribution in [3.8, 4) is 0 Å². The summed E-state index contributed by atoms with van der Waals surface area (Å²) in [5.41, 5.74) is -0.437. The Balaban J connectivity index is 1.68. The zero-order valence-electron chi connectivity index (χ0n) is 15.0. The third kappa shape index (κ3) is 6.30. The van der Waals surface area contributed by atoms with Crippen LogP contribution in [0.5, 0.6) is 0 Å². The molecule has 0 spiro atoms. The maximum absolute atomic E-state index is 12.2. The number of likely N-dealkylation sites (tertiary alicyclic amines) is 1. The molecule has 1 saturated carbocycles. The zero-order chi connectivity index (χ0) is 16.9. The van der Waals surface area contributed by atoms with E-state index in [1.165, 1.54) is 25.7 Å². The van der Waals surface area contributed by atoms with E-state index in [2.05, 4.69) is 5.32 Å². The Morgan fingerprint density at radius 2 is 1.96 bits per heavy atom. The Bertz CT molecular complexity index is 375. The monoisotopic (exact) mass is 326 g/mol. The molecule has 0 bridgehead atoms. The number of hydrogen-bond donors (Lipinski definition) is 2. The normalized spacial score (nSPS) is 24.7. The van der Waals surface area contributed by atoms with Crippen molar-refractivity contribution in [2.24, 2.45) is 11.8 Å². The van der Waals surface area contributed by atoms with E-state index in [4.69, 9.17) is 4.74 Å². The first-order valence-corrected chi connectivity index (χ1v) is 9.22. The number of carbonyl (C=O) groups is 1. The van der Waals surface area contributed by atoms with Crippen LogP contribution in [0, 0.1) is 11.8 Å². The van der Waals surface area contributed by atoms with Gasteiger partial charge in [0, 0.05) is 19.6 Å². The minimum atomic E-state index is -0.437. The summed E-state index contributed by atoms with van der Waals surface area (Å²) < 4.78 is 5.46. The van der Waals surface area contributed by atoms with Gasteiger partial charge in [0.25, 0.3) is 0 Å². The third-order valence-electron chi connectivity index (χ3n) is 4.90. The van der Waals surface area contributed by atoms with Gasteiger partial charge in [-0.3, -0.25) is 0 Å². The SMILES string of the molecule is CC(C)(C)OC(=O)N1CCCC(CNCC(O)C2CCCC2)C1. The Hall–Kier alpha value is -0.810. The van der Waals surface area contributed by atoms with Crippen LogP contribution in [0.4, 0.5) is 4.79 Å². The summed E-state index contributed by atoms with van der Waals surface area (Å²) in [5.74, 6) is 0.930. The van der Waals surface area contributed by atoms with Crippen molar-refractivity contribution in [1.29, 1.82) is 0 Å². The van der Waals surface area contributed by atoms with Crippen molar-refractivity contribution in [1.82, 2.24) is 10.2 Å². The van der Waals surface area contributed by atoms with Gasteiger partial charge < -0.3 is 20.1 Å². The number of rotatable bonds is 5. The molecule has 2 aliphatic rings. The van der Waals surface area contributed by atoms with E-state index in [0.717, 1.165) is 32.5 Å². The van der Waals surface area contributed by atoms with E-state index >= 15 is 0 Å². The average molecular weight is 326 g/mol. The Morgan fingerprint density at radius 3 is 2.61 bits per heavy atom. The molecule has 1 saturated heterocycles. The lowest BCUT2D eigenvalue weighted by atomic mass is 9.97. The summed E-state index contributed by atoms with van der Waals surface area (Å²) in [6.45, 7) is 8.78. The molecule has 0 aromatic heterocycles. The largest absolute Gasteiger partial charge is 0.444 e. The number of aliphatic hydroxyl groups is 1. The highest BCUT2D eigenvalue weighted by Gasteiger charge is 2.28. The van der Waals surface area contributed by atoms with Crippen molar-refractivity contribution in [3.05, 3.63) is 0 Å². The van der Waals surface area contributed by atoms with E-state index in [1.54, 1.807) is 0 Å². The van der Waals surface area contributed by atoms with Crippen LogP contribution in [0.15, 0.2) is 0 Å². The number of aliphatic hydroxyl groups excluding tert-OH is 1. The second kappa shape index (κ2) is 8.34. The molecule has 1 aliphatic carbocycles. The molecule has 0 aromatic rings. The number of ether oxygens (including phenoxy) is 1. The highest BCUT2D eigenvalue weighted by Crippen LogP contribution is 2.27. The molecular weight excluding hydrogens is 292 g/mol. The van der Waals surface area contributed by atoms with Crippen molar-refractivity contribution < 1.29 is 14.6 Å². The van der Waals surface area contributed by atoms with E-state index in [-0.39, 0.29) is 12.2 Å². The second-order valence-corrected chi connectivity index (χ2v) is 8.20. The smallest absolute Gasteiger partial charge is 0.410 e. The maximum Gasteiger partial charge on any atom is 0.410 e. The predicted octanol–water partition coefficient (Wildman–Crippen LogP) is 2.77. The lowest BCUT2D eigenvalue weighted by molar-refractivity contribution is 0.0163. The zero-order valence-corrected chi connectivity index (χ0v) is 15.0. The number of nitrogens with zero attached hydrogens (tertiary/aromatic N) is 1. The molecule has 0 aromatic carbocycles. The molecular formula is C18H34N2O3. The van der Waals surface area contributed by atoms with Gasteiger partial charge >= 0.3 is 6.09 Å². The fourth-order valence-corrected chi connectivity index (χ4v) is 3.67. The van der Waals surface area contributed by atoms with Gasteiger partial charge in [-0.05, 0) is 64.8 Å².